The van der Waals surface area contributed by atoms with E-state index in [1.807, 2.05) is 21.0 Å². The number of nitrogens with zero attached hydrogens (tertiary/aromatic N) is 1. The zero-order valence-electron chi connectivity index (χ0n) is 13.2. The van der Waals surface area contributed by atoms with E-state index in [-0.39, 0.29) is 5.97 Å². The van der Waals surface area contributed by atoms with Crippen LogP contribution < -0.4 is 5.32 Å². The number of likely N-dealkylation sites (N-methyl/N-ethyl adjacent to an activating group) is 1. The highest BCUT2D eigenvalue weighted by molar-refractivity contribution is 5.81. The van der Waals surface area contributed by atoms with Crippen LogP contribution in [0.4, 0.5) is 0 Å². The molecule has 0 aromatic carbocycles. The lowest BCUT2D eigenvalue weighted by Gasteiger charge is -2.42. The standard InChI is InChI=1S/C15H30N2O2/c1-6-19-13(18)15(16-11-12-17(4)5)9-7-14(2,3)8-10-15/h16H,6-12H2,1-5H3. The van der Waals surface area contributed by atoms with E-state index in [4.69, 9.17) is 4.74 Å². The van der Waals surface area contributed by atoms with E-state index in [1.165, 1.54) is 0 Å². The molecule has 0 spiro atoms. The van der Waals surface area contributed by atoms with Crippen molar-refractivity contribution < 1.29 is 9.53 Å². The van der Waals surface area contributed by atoms with Crippen LogP contribution in [-0.2, 0) is 9.53 Å². The summed E-state index contributed by atoms with van der Waals surface area (Å²) in [6.07, 6.45) is 3.90. The SMILES string of the molecule is CCOC(=O)C1(NCCN(C)C)CCC(C)(C)CC1. The Morgan fingerprint density at radius 2 is 1.79 bits per heavy atom. The molecule has 0 radical (unpaired) electrons. The zero-order valence-corrected chi connectivity index (χ0v) is 13.2. The monoisotopic (exact) mass is 270 g/mol. The lowest BCUT2D eigenvalue weighted by atomic mass is 9.69. The van der Waals surface area contributed by atoms with Crippen molar-refractivity contribution in [2.45, 2.75) is 52.0 Å². The summed E-state index contributed by atoms with van der Waals surface area (Å²) >= 11 is 0. The molecule has 0 atom stereocenters. The first-order chi connectivity index (χ1) is 8.81. The van der Waals surface area contributed by atoms with Gasteiger partial charge in [0.2, 0.25) is 0 Å². The van der Waals surface area contributed by atoms with E-state index in [0.29, 0.717) is 12.0 Å². The van der Waals surface area contributed by atoms with Crippen LogP contribution in [0.2, 0.25) is 0 Å². The minimum atomic E-state index is -0.457. The van der Waals surface area contributed by atoms with Crippen molar-refractivity contribution in [2.24, 2.45) is 5.41 Å². The number of nitrogens with one attached hydrogen (secondary N) is 1. The highest BCUT2D eigenvalue weighted by Gasteiger charge is 2.44. The van der Waals surface area contributed by atoms with Gasteiger partial charge in [0.15, 0.2) is 0 Å². The third-order valence-electron chi connectivity index (χ3n) is 4.15. The summed E-state index contributed by atoms with van der Waals surface area (Å²) in [5.74, 6) is -0.0655. The van der Waals surface area contributed by atoms with Gasteiger partial charge in [0.25, 0.3) is 0 Å². The molecule has 0 aromatic rings. The normalized spacial score (nSPS) is 21.4. The number of hydrogen-bond donors (Lipinski definition) is 1. The molecule has 0 amide bonds. The Hall–Kier alpha value is -0.610. The van der Waals surface area contributed by atoms with E-state index in [1.54, 1.807) is 0 Å². The summed E-state index contributed by atoms with van der Waals surface area (Å²) in [6, 6.07) is 0. The van der Waals surface area contributed by atoms with E-state index >= 15 is 0 Å². The van der Waals surface area contributed by atoms with Crippen LogP contribution in [0, 0.1) is 5.41 Å². The second-order valence-electron chi connectivity index (χ2n) is 6.70. The maximum absolute atomic E-state index is 12.3. The van der Waals surface area contributed by atoms with E-state index in [0.717, 1.165) is 38.8 Å². The number of carbonyl (C=O) groups excluding carboxylic acids is 1. The number of rotatable bonds is 6. The number of carbonyl (C=O) groups is 1. The maximum Gasteiger partial charge on any atom is 0.326 e. The van der Waals surface area contributed by atoms with Crippen molar-refractivity contribution in [3.05, 3.63) is 0 Å². The average molecular weight is 270 g/mol. The Labute approximate surface area is 117 Å². The van der Waals surface area contributed by atoms with E-state index in [9.17, 15) is 4.79 Å². The molecular weight excluding hydrogens is 240 g/mol. The minimum absolute atomic E-state index is 0.0655. The summed E-state index contributed by atoms with van der Waals surface area (Å²) in [4.78, 5) is 14.4. The van der Waals surface area contributed by atoms with Gasteiger partial charge in [-0.3, -0.25) is 4.79 Å². The molecule has 1 saturated carbocycles. The molecule has 4 heteroatoms. The van der Waals surface area contributed by atoms with Gasteiger partial charge in [-0.1, -0.05) is 13.8 Å². The lowest BCUT2D eigenvalue weighted by Crippen LogP contribution is -2.57. The first-order valence-electron chi connectivity index (χ1n) is 7.38. The zero-order chi connectivity index (χ0) is 14.5. The molecule has 1 rings (SSSR count). The van der Waals surface area contributed by atoms with E-state index in [2.05, 4.69) is 24.1 Å². The highest BCUT2D eigenvalue weighted by Crippen LogP contribution is 2.40. The fraction of sp³-hybridized carbons (Fsp3) is 0.933. The van der Waals surface area contributed by atoms with E-state index < -0.39 is 5.54 Å². The Kier molecular flexibility index (Phi) is 5.81. The maximum atomic E-state index is 12.3. The van der Waals surface area contributed by atoms with Crippen molar-refractivity contribution in [3.63, 3.8) is 0 Å². The summed E-state index contributed by atoms with van der Waals surface area (Å²) in [5, 5.41) is 3.47. The second-order valence-corrected chi connectivity index (χ2v) is 6.70. The molecule has 0 bridgehead atoms. The molecule has 0 unspecified atom stereocenters. The van der Waals surface area contributed by atoms with Crippen molar-refractivity contribution >= 4 is 5.97 Å². The Morgan fingerprint density at radius 3 is 2.26 bits per heavy atom. The third-order valence-corrected chi connectivity index (χ3v) is 4.15. The van der Waals surface area contributed by atoms with Crippen LogP contribution in [-0.4, -0.2) is 50.2 Å². The van der Waals surface area contributed by atoms with Crippen LogP contribution in [0.1, 0.15) is 46.5 Å². The van der Waals surface area contributed by atoms with Gasteiger partial charge in [-0.05, 0) is 52.1 Å². The summed E-state index contributed by atoms with van der Waals surface area (Å²) < 4.78 is 5.30. The van der Waals surface area contributed by atoms with Crippen molar-refractivity contribution in [1.29, 1.82) is 0 Å². The van der Waals surface area contributed by atoms with Gasteiger partial charge in [0, 0.05) is 13.1 Å². The first-order valence-corrected chi connectivity index (χ1v) is 7.38. The summed E-state index contributed by atoms with van der Waals surface area (Å²) in [6.45, 7) is 8.65. The number of hydrogen-bond acceptors (Lipinski definition) is 4. The molecule has 1 aliphatic carbocycles. The fourth-order valence-electron chi connectivity index (χ4n) is 2.59. The molecule has 1 N–H and O–H groups in total. The van der Waals surface area contributed by atoms with Gasteiger partial charge in [-0.25, -0.2) is 0 Å². The lowest BCUT2D eigenvalue weighted by molar-refractivity contribution is -0.153. The Bertz CT molecular complexity index is 291. The Balaban J connectivity index is 2.66. The minimum Gasteiger partial charge on any atom is -0.465 e. The second kappa shape index (κ2) is 6.71. The van der Waals surface area contributed by atoms with Crippen LogP contribution in [0.3, 0.4) is 0 Å². The van der Waals surface area contributed by atoms with Gasteiger partial charge in [0.1, 0.15) is 5.54 Å². The molecule has 1 aliphatic rings. The number of esters is 1. The van der Waals surface area contributed by atoms with Crippen LogP contribution in [0.15, 0.2) is 0 Å². The average Bonchev–Trinajstić information content (AvgIpc) is 2.31. The predicted octanol–water partition coefficient (Wildman–Crippen LogP) is 2.04. The molecule has 19 heavy (non-hydrogen) atoms. The molecule has 0 aliphatic heterocycles. The molecule has 112 valence electrons. The smallest absolute Gasteiger partial charge is 0.326 e. The molecule has 0 saturated heterocycles. The Morgan fingerprint density at radius 1 is 1.21 bits per heavy atom. The van der Waals surface area contributed by atoms with Crippen molar-refractivity contribution in [2.75, 3.05) is 33.8 Å². The van der Waals surface area contributed by atoms with Crippen LogP contribution >= 0.6 is 0 Å². The van der Waals surface area contributed by atoms with Gasteiger partial charge in [0.05, 0.1) is 6.61 Å². The molecular formula is C15H30N2O2. The quantitative estimate of drug-likeness (QED) is 0.750. The topological polar surface area (TPSA) is 41.6 Å². The first kappa shape index (κ1) is 16.4. The number of ether oxygens (including phenoxy) is 1. The molecule has 1 fully saturated rings. The molecule has 0 aromatic heterocycles. The third kappa shape index (κ3) is 4.77. The van der Waals surface area contributed by atoms with Crippen LogP contribution in [0.25, 0.3) is 0 Å². The summed E-state index contributed by atoms with van der Waals surface area (Å²) in [5.41, 5.74) is -0.110. The molecule has 4 nitrogen and oxygen atoms in total. The van der Waals surface area contributed by atoms with Crippen molar-refractivity contribution in [1.82, 2.24) is 10.2 Å². The van der Waals surface area contributed by atoms with Gasteiger partial charge < -0.3 is 15.0 Å². The van der Waals surface area contributed by atoms with Crippen LogP contribution in [0.5, 0.6) is 0 Å². The predicted molar refractivity (Wildman–Crippen MR) is 78.2 cm³/mol. The van der Waals surface area contributed by atoms with Gasteiger partial charge in [-0.2, -0.15) is 0 Å². The largest absolute Gasteiger partial charge is 0.465 e. The van der Waals surface area contributed by atoms with Crippen molar-refractivity contribution in [3.8, 4) is 0 Å². The van der Waals surface area contributed by atoms with Gasteiger partial charge in [-0.15, -0.1) is 0 Å². The molecule has 0 heterocycles. The van der Waals surface area contributed by atoms with Gasteiger partial charge >= 0.3 is 5.97 Å². The fourth-order valence-corrected chi connectivity index (χ4v) is 2.59. The summed E-state index contributed by atoms with van der Waals surface area (Å²) in [7, 11) is 4.09. The highest BCUT2D eigenvalue weighted by atomic mass is 16.5.